The molecule has 1 rings (SSSR count). The van der Waals surface area contributed by atoms with Crippen molar-refractivity contribution in [3.63, 3.8) is 0 Å². The van der Waals surface area contributed by atoms with E-state index in [2.05, 4.69) is 12.1 Å². The van der Waals surface area contributed by atoms with Crippen LogP contribution in [0.15, 0.2) is 29.2 Å². The van der Waals surface area contributed by atoms with Crippen LogP contribution in [0.1, 0.15) is 5.56 Å². The van der Waals surface area contributed by atoms with E-state index in [-0.39, 0.29) is 0 Å². The quantitative estimate of drug-likeness (QED) is 0.617. The summed E-state index contributed by atoms with van der Waals surface area (Å²) in [6.07, 6.45) is 2.24. The van der Waals surface area contributed by atoms with Gasteiger partial charge in [-0.1, -0.05) is 12.1 Å². The van der Waals surface area contributed by atoms with Crippen molar-refractivity contribution in [2.24, 2.45) is 0 Å². The zero-order valence-corrected chi connectivity index (χ0v) is 9.11. The maximum absolute atomic E-state index is 9.34. The Labute approximate surface area is 88.1 Å². The Morgan fingerprint density at radius 2 is 2.31 bits per heavy atom. The van der Waals surface area contributed by atoms with Crippen molar-refractivity contribution in [3.05, 3.63) is 29.8 Å². The number of halogens is 1. The molecule has 0 aliphatic carbocycles. The molecule has 1 aromatic rings. The second-order valence-electron chi connectivity index (χ2n) is 2.86. The number of alkyl halides is 1. The van der Waals surface area contributed by atoms with E-state index in [1.807, 2.05) is 18.4 Å². The van der Waals surface area contributed by atoms with Crippen LogP contribution in [0, 0.1) is 0 Å². The van der Waals surface area contributed by atoms with E-state index in [0.29, 0.717) is 12.3 Å². The lowest BCUT2D eigenvalue weighted by atomic mass is 10.1. The van der Waals surface area contributed by atoms with Gasteiger partial charge in [-0.15, -0.1) is 23.4 Å². The predicted molar refractivity (Wildman–Crippen MR) is 58.7 cm³/mol. The molecule has 1 nitrogen and oxygen atoms in total. The molecule has 0 aliphatic heterocycles. The first-order valence-electron chi connectivity index (χ1n) is 4.13. The fraction of sp³-hybridized carbons (Fsp3) is 0.400. The lowest BCUT2D eigenvalue weighted by Crippen LogP contribution is -2.11. The van der Waals surface area contributed by atoms with Crippen molar-refractivity contribution in [2.75, 3.05) is 12.1 Å². The molecule has 72 valence electrons. The summed E-state index contributed by atoms with van der Waals surface area (Å²) in [4.78, 5) is 1.22. The second kappa shape index (κ2) is 5.53. The molecule has 0 bridgehead atoms. The van der Waals surface area contributed by atoms with Gasteiger partial charge in [-0.3, -0.25) is 0 Å². The van der Waals surface area contributed by atoms with Gasteiger partial charge in [0.15, 0.2) is 0 Å². The molecule has 0 saturated carbocycles. The third kappa shape index (κ3) is 3.59. The third-order valence-electron chi connectivity index (χ3n) is 1.78. The van der Waals surface area contributed by atoms with E-state index in [0.717, 1.165) is 5.56 Å². The highest BCUT2D eigenvalue weighted by atomic mass is 35.5. The molecule has 1 atom stereocenters. The van der Waals surface area contributed by atoms with Crippen molar-refractivity contribution in [1.29, 1.82) is 0 Å². The van der Waals surface area contributed by atoms with Crippen molar-refractivity contribution in [2.45, 2.75) is 17.4 Å². The summed E-state index contributed by atoms with van der Waals surface area (Å²) >= 11 is 7.22. The molecule has 0 aliphatic rings. The van der Waals surface area contributed by atoms with Crippen LogP contribution < -0.4 is 0 Å². The molecule has 1 N–H and O–H groups in total. The SMILES string of the molecule is CSc1cccc(CC(O)CCl)c1. The standard InChI is InChI=1S/C10H13ClOS/c1-13-10-4-2-3-8(6-10)5-9(12)7-11/h2-4,6,9,12H,5,7H2,1H3. The third-order valence-corrected chi connectivity index (χ3v) is 2.87. The van der Waals surface area contributed by atoms with Crippen molar-refractivity contribution < 1.29 is 5.11 Å². The van der Waals surface area contributed by atoms with Crippen molar-refractivity contribution in [3.8, 4) is 0 Å². The fourth-order valence-electron chi connectivity index (χ4n) is 1.13. The molecule has 0 radical (unpaired) electrons. The first-order valence-corrected chi connectivity index (χ1v) is 5.89. The lowest BCUT2D eigenvalue weighted by Gasteiger charge is -2.07. The van der Waals surface area contributed by atoms with E-state index in [9.17, 15) is 5.11 Å². The Balaban J connectivity index is 2.66. The molecule has 0 fully saturated rings. The lowest BCUT2D eigenvalue weighted by molar-refractivity contribution is 0.198. The summed E-state index contributed by atoms with van der Waals surface area (Å²) in [5.41, 5.74) is 1.14. The topological polar surface area (TPSA) is 20.2 Å². The summed E-state index contributed by atoms with van der Waals surface area (Å²) in [6, 6.07) is 8.15. The summed E-state index contributed by atoms with van der Waals surface area (Å²) in [6.45, 7) is 0. The van der Waals surface area contributed by atoms with E-state index < -0.39 is 6.10 Å². The van der Waals surface area contributed by atoms with Gasteiger partial charge < -0.3 is 5.11 Å². The van der Waals surface area contributed by atoms with Gasteiger partial charge in [0, 0.05) is 10.8 Å². The van der Waals surface area contributed by atoms with Crippen LogP contribution in [-0.4, -0.2) is 23.3 Å². The Hall–Kier alpha value is -0.180. The average molecular weight is 217 g/mol. The molecule has 0 amide bonds. The number of thioether (sulfide) groups is 1. The summed E-state index contributed by atoms with van der Waals surface area (Å²) in [5, 5.41) is 9.34. The number of aliphatic hydroxyl groups excluding tert-OH is 1. The normalized spacial score (nSPS) is 12.8. The number of benzene rings is 1. The van der Waals surface area contributed by atoms with Crippen molar-refractivity contribution >= 4 is 23.4 Å². The molecule has 0 saturated heterocycles. The highest BCUT2D eigenvalue weighted by Crippen LogP contribution is 2.16. The second-order valence-corrected chi connectivity index (χ2v) is 4.05. The van der Waals surface area contributed by atoms with Gasteiger partial charge in [-0.2, -0.15) is 0 Å². The highest BCUT2D eigenvalue weighted by Gasteiger charge is 2.03. The van der Waals surface area contributed by atoms with Gasteiger partial charge in [0.1, 0.15) is 0 Å². The molecule has 13 heavy (non-hydrogen) atoms. The van der Waals surface area contributed by atoms with Crippen LogP contribution in [0.2, 0.25) is 0 Å². The van der Waals surface area contributed by atoms with Crippen LogP contribution in [-0.2, 0) is 6.42 Å². The molecule has 3 heteroatoms. The minimum atomic E-state index is -0.432. The Morgan fingerprint density at radius 3 is 2.92 bits per heavy atom. The number of aliphatic hydroxyl groups is 1. The largest absolute Gasteiger partial charge is 0.392 e. The molecule has 1 unspecified atom stereocenters. The van der Waals surface area contributed by atoms with E-state index >= 15 is 0 Å². The molecule has 0 heterocycles. The zero-order chi connectivity index (χ0) is 9.68. The van der Waals surface area contributed by atoms with Crippen LogP contribution >= 0.6 is 23.4 Å². The van der Waals surface area contributed by atoms with E-state index in [1.165, 1.54) is 4.90 Å². The zero-order valence-electron chi connectivity index (χ0n) is 7.53. The minimum absolute atomic E-state index is 0.295. The van der Waals surface area contributed by atoms with Crippen LogP contribution in [0.5, 0.6) is 0 Å². The fourth-order valence-corrected chi connectivity index (χ4v) is 1.72. The molecule has 0 spiro atoms. The molecular weight excluding hydrogens is 204 g/mol. The van der Waals surface area contributed by atoms with E-state index in [1.54, 1.807) is 11.8 Å². The van der Waals surface area contributed by atoms with E-state index in [4.69, 9.17) is 11.6 Å². The summed E-state index contributed by atoms with van der Waals surface area (Å²) in [5.74, 6) is 0.295. The maximum atomic E-state index is 9.34. The van der Waals surface area contributed by atoms with Crippen LogP contribution in [0.4, 0.5) is 0 Å². The number of hydrogen-bond donors (Lipinski definition) is 1. The van der Waals surface area contributed by atoms with Gasteiger partial charge in [-0.05, 0) is 30.4 Å². The monoisotopic (exact) mass is 216 g/mol. The first-order chi connectivity index (χ1) is 6.26. The molecular formula is C10H13ClOS. The minimum Gasteiger partial charge on any atom is -0.392 e. The smallest absolute Gasteiger partial charge is 0.0715 e. The Morgan fingerprint density at radius 1 is 1.54 bits per heavy atom. The summed E-state index contributed by atoms with van der Waals surface area (Å²) < 4.78 is 0. The van der Waals surface area contributed by atoms with Gasteiger partial charge in [0.25, 0.3) is 0 Å². The average Bonchev–Trinajstić information content (AvgIpc) is 2.18. The van der Waals surface area contributed by atoms with Crippen LogP contribution in [0.3, 0.4) is 0 Å². The molecule has 1 aromatic carbocycles. The molecule has 0 aromatic heterocycles. The van der Waals surface area contributed by atoms with Gasteiger partial charge in [0.05, 0.1) is 6.10 Å². The first kappa shape index (κ1) is 10.9. The van der Waals surface area contributed by atoms with Crippen LogP contribution in [0.25, 0.3) is 0 Å². The number of rotatable bonds is 4. The van der Waals surface area contributed by atoms with Gasteiger partial charge in [-0.25, -0.2) is 0 Å². The number of hydrogen-bond acceptors (Lipinski definition) is 2. The van der Waals surface area contributed by atoms with Gasteiger partial charge >= 0.3 is 0 Å². The van der Waals surface area contributed by atoms with Gasteiger partial charge in [0.2, 0.25) is 0 Å². The Bertz CT molecular complexity index is 265. The predicted octanol–water partition coefficient (Wildman–Crippen LogP) is 2.55. The van der Waals surface area contributed by atoms with Crippen molar-refractivity contribution in [1.82, 2.24) is 0 Å². The Kier molecular flexibility index (Phi) is 4.64. The highest BCUT2D eigenvalue weighted by molar-refractivity contribution is 7.98. The maximum Gasteiger partial charge on any atom is 0.0715 e. The summed E-state index contributed by atoms with van der Waals surface area (Å²) in [7, 11) is 0.